The van der Waals surface area contributed by atoms with E-state index in [9.17, 15) is 28.7 Å². The molecule has 0 aromatic heterocycles. The van der Waals surface area contributed by atoms with Crippen molar-refractivity contribution in [3.8, 4) is 0 Å². The Morgan fingerprint density at radius 3 is 1.07 bits per heavy atom. The van der Waals surface area contributed by atoms with E-state index in [1.54, 1.807) is 74.5 Å². The molecule has 2 rings (SSSR count). The second kappa shape index (κ2) is 15.5. The van der Waals surface area contributed by atoms with Crippen LogP contribution in [0.2, 0.25) is 0 Å². The van der Waals surface area contributed by atoms with Gasteiger partial charge < -0.3 is 28.7 Å². The molecule has 0 aliphatic carbocycles. The van der Waals surface area contributed by atoms with Crippen LogP contribution in [0, 0.1) is 0 Å². The summed E-state index contributed by atoms with van der Waals surface area (Å²) in [4.78, 5) is 43.3. The minimum atomic E-state index is -4.50. The van der Waals surface area contributed by atoms with E-state index in [0.717, 1.165) is 0 Å². The Kier molecular flexibility index (Phi) is 17.6. The van der Waals surface area contributed by atoms with Crippen LogP contribution in [0.15, 0.2) is 60.7 Å². The second-order valence-electron chi connectivity index (χ2n) is 5.75. The van der Waals surface area contributed by atoms with Crippen LogP contribution < -0.4 is 19.6 Å². The minimum Gasteiger partial charge on any atom is -0.810 e. The van der Waals surface area contributed by atoms with Crippen LogP contribution in [0.25, 0.3) is 0 Å². The maximum absolute atomic E-state index is 10.8. The Balaban J connectivity index is 0. The van der Waals surface area contributed by atoms with E-state index in [0.29, 0.717) is 24.0 Å². The van der Waals surface area contributed by atoms with Crippen LogP contribution in [0.5, 0.6) is 0 Å². The zero-order chi connectivity index (χ0) is 19.8. The Bertz CT molecular complexity index is 684. The molecule has 0 spiro atoms. The second-order valence-corrected chi connectivity index (χ2v) is 9.16. The van der Waals surface area contributed by atoms with Crippen LogP contribution in [-0.4, -0.2) is 91.0 Å². The third-order valence-electron chi connectivity index (χ3n) is 3.91. The Labute approximate surface area is 241 Å². The molecule has 2 aromatic rings. The van der Waals surface area contributed by atoms with Crippen LogP contribution >= 0.6 is 15.2 Å². The van der Waals surface area contributed by atoms with E-state index in [2.05, 4.69) is 0 Å². The molecule has 0 fully saturated rings. The first kappa shape index (κ1) is 31.9. The van der Waals surface area contributed by atoms with Crippen molar-refractivity contribution in [1.29, 1.82) is 0 Å². The monoisotopic (exact) mass is 572 g/mol. The predicted molar refractivity (Wildman–Crippen MR) is 106 cm³/mol. The fourth-order valence-corrected chi connectivity index (χ4v) is 4.60. The molecule has 0 amide bonds. The van der Waals surface area contributed by atoms with Crippen LogP contribution in [0.4, 0.5) is 0 Å². The molecule has 2 aromatic carbocycles. The molecular weight excluding hydrogens is 549 g/mol. The third kappa shape index (κ3) is 11.4. The topological polar surface area (TPSA) is 126 Å². The fraction of sp³-hybridized carbons (Fsp3) is 0.333. The number of hydrogen-bond donors (Lipinski definition) is 0. The molecular formula is C18H22O6P2Sr2. The zero-order valence-electron chi connectivity index (χ0n) is 16.1. The number of rotatable bonds is 6. The maximum atomic E-state index is 10.8. The molecule has 0 heterocycles. The van der Waals surface area contributed by atoms with Crippen LogP contribution in [0.3, 0.4) is 0 Å². The Morgan fingerprint density at radius 1 is 0.643 bits per heavy atom. The van der Waals surface area contributed by atoms with E-state index >= 15 is 0 Å². The van der Waals surface area contributed by atoms with Gasteiger partial charge in [0.1, 0.15) is 0 Å². The molecule has 0 saturated carbocycles. The van der Waals surface area contributed by atoms with Gasteiger partial charge in [-0.25, -0.2) is 0 Å². The quantitative estimate of drug-likeness (QED) is 0.381. The molecule has 0 aliphatic heterocycles. The van der Waals surface area contributed by atoms with Crippen molar-refractivity contribution in [2.45, 2.75) is 38.0 Å². The van der Waals surface area contributed by atoms with Gasteiger partial charge in [0, 0.05) is 11.3 Å². The summed E-state index contributed by atoms with van der Waals surface area (Å²) >= 11 is 0. The minimum absolute atomic E-state index is 0. The maximum Gasteiger partial charge on any atom is 2.00 e. The first-order valence-electron chi connectivity index (χ1n) is 8.24. The first-order chi connectivity index (χ1) is 12.1. The average molecular weight is 572 g/mol. The predicted octanol–water partition coefficient (Wildman–Crippen LogP) is 1.34. The molecule has 6 nitrogen and oxygen atoms in total. The van der Waals surface area contributed by atoms with Gasteiger partial charge in [-0.1, -0.05) is 89.7 Å². The molecule has 0 aliphatic rings. The number of benzene rings is 2. The molecule has 0 N–H and O–H groups in total. The molecule has 2 unspecified atom stereocenters. The fourth-order valence-electron chi connectivity index (χ4n) is 2.63. The summed E-state index contributed by atoms with van der Waals surface area (Å²) in [6.45, 7) is 3.39. The number of hydrogen-bond acceptors (Lipinski definition) is 6. The summed E-state index contributed by atoms with van der Waals surface area (Å²) in [5.41, 5.74) is -0.598. The van der Waals surface area contributed by atoms with Crippen molar-refractivity contribution in [3.63, 3.8) is 0 Å². The van der Waals surface area contributed by atoms with Gasteiger partial charge in [-0.05, 0) is 24.0 Å². The average Bonchev–Trinajstić information content (AvgIpc) is 2.56. The van der Waals surface area contributed by atoms with Gasteiger partial charge in [0.05, 0.1) is 0 Å². The summed E-state index contributed by atoms with van der Waals surface area (Å²) in [6, 6.07) is 17.1. The van der Waals surface area contributed by atoms with Crippen molar-refractivity contribution >= 4 is 106 Å². The molecule has 10 heteroatoms. The third-order valence-corrected chi connectivity index (χ3v) is 6.76. The van der Waals surface area contributed by atoms with Gasteiger partial charge in [0.25, 0.3) is 0 Å². The van der Waals surface area contributed by atoms with Gasteiger partial charge >= 0.3 is 91.0 Å². The summed E-state index contributed by atoms with van der Waals surface area (Å²) < 4.78 is 21.7. The molecule has 144 valence electrons. The summed E-state index contributed by atoms with van der Waals surface area (Å²) in [5.74, 6) is 0. The van der Waals surface area contributed by atoms with Gasteiger partial charge in [-0.15, -0.1) is 0 Å². The van der Waals surface area contributed by atoms with Crippen molar-refractivity contribution < 1.29 is 28.7 Å². The SMILES string of the molecule is CCC(c1ccccc1)P(=O)([O-])[O-].CCC(c1ccccc1)P(=O)([O-])[O-].[Sr+2].[Sr+2]. The largest absolute Gasteiger partial charge is 2.00 e. The van der Waals surface area contributed by atoms with Crippen molar-refractivity contribution in [2.75, 3.05) is 0 Å². The Hall–Kier alpha value is 1.70. The molecule has 0 bridgehead atoms. The van der Waals surface area contributed by atoms with Gasteiger partial charge in [0.15, 0.2) is 0 Å². The van der Waals surface area contributed by atoms with Crippen molar-refractivity contribution in [1.82, 2.24) is 0 Å². The first-order valence-corrected chi connectivity index (χ1v) is 11.5. The van der Waals surface area contributed by atoms with E-state index < -0.39 is 26.5 Å². The van der Waals surface area contributed by atoms with Gasteiger partial charge in [-0.2, -0.15) is 0 Å². The van der Waals surface area contributed by atoms with Crippen molar-refractivity contribution in [3.05, 3.63) is 71.8 Å². The molecule has 0 saturated heterocycles. The zero-order valence-corrected chi connectivity index (χ0v) is 24.8. The summed E-state index contributed by atoms with van der Waals surface area (Å²) in [7, 11) is -9.00. The van der Waals surface area contributed by atoms with Crippen LogP contribution in [-0.2, 0) is 9.13 Å². The van der Waals surface area contributed by atoms with Gasteiger partial charge in [-0.3, -0.25) is 0 Å². The standard InChI is InChI=1S/2C9H13O3P.2Sr/c2*1-2-9(13(10,11)12)8-6-4-3-5-7-8;;/h2*3-7,9H,2H2,1H3,(H2,10,11,12);;/q;;2*+2/p-4. The van der Waals surface area contributed by atoms with E-state index in [1.165, 1.54) is 0 Å². The van der Waals surface area contributed by atoms with E-state index in [1.807, 2.05) is 0 Å². The normalized spacial score (nSPS) is 13.1. The Morgan fingerprint density at radius 2 is 0.893 bits per heavy atom. The van der Waals surface area contributed by atoms with Gasteiger partial charge in [0.2, 0.25) is 0 Å². The van der Waals surface area contributed by atoms with E-state index in [4.69, 9.17) is 0 Å². The smallest absolute Gasteiger partial charge is 0.810 e. The molecule has 2 atom stereocenters. The summed E-state index contributed by atoms with van der Waals surface area (Å²) in [6.07, 6.45) is 0.655. The molecule has 28 heavy (non-hydrogen) atoms. The van der Waals surface area contributed by atoms with Crippen molar-refractivity contribution in [2.24, 2.45) is 0 Å². The van der Waals surface area contributed by atoms with E-state index in [-0.39, 0.29) is 91.0 Å². The van der Waals surface area contributed by atoms with Crippen LogP contribution in [0.1, 0.15) is 49.1 Å². The summed E-state index contributed by atoms with van der Waals surface area (Å²) in [5, 5.41) is 0. The molecule has 0 radical (unpaired) electrons.